The predicted molar refractivity (Wildman–Crippen MR) is 35.9 cm³/mol. The molecule has 0 heterocycles. The summed E-state index contributed by atoms with van der Waals surface area (Å²) >= 11 is 0. The molecule has 1 fully saturated rings. The summed E-state index contributed by atoms with van der Waals surface area (Å²) in [5.74, 6) is 2.23. The van der Waals surface area contributed by atoms with Crippen molar-refractivity contribution in [1.82, 2.24) is 0 Å². The third-order valence-electron chi connectivity index (χ3n) is 2.63. The minimum Gasteiger partial charge on any atom is -0.396 e. The molecule has 0 aliphatic heterocycles. The van der Waals surface area contributed by atoms with Gasteiger partial charge in [0.25, 0.3) is 0 Å². The third kappa shape index (κ3) is 0.715. The number of rotatable bonds is 1. The maximum absolute atomic E-state index is 8.80. The normalized spacial score (nSPS) is 46.6. The van der Waals surface area contributed by atoms with Gasteiger partial charge in [0.15, 0.2) is 0 Å². The van der Waals surface area contributed by atoms with Crippen LogP contribution in [-0.4, -0.2) is 11.7 Å². The van der Waals surface area contributed by atoms with Crippen LogP contribution in [-0.2, 0) is 0 Å². The van der Waals surface area contributed by atoms with Gasteiger partial charge in [0, 0.05) is 6.61 Å². The van der Waals surface area contributed by atoms with Crippen molar-refractivity contribution in [2.24, 2.45) is 17.8 Å². The molecule has 2 rings (SSSR count). The van der Waals surface area contributed by atoms with Gasteiger partial charge in [0.2, 0.25) is 0 Å². The van der Waals surface area contributed by atoms with E-state index < -0.39 is 0 Å². The van der Waals surface area contributed by atoms with Crippen LogP contribution < -0.4 is 0 Å². The second-order valence-electron chi connectivity index (χ2n) is 3.09. The van der Waals surface area contributed by atoms with Gasteiger partial charge in [0.05, 0.1) is 0 Å². The molecule has 3 unspecified atom stereocenters. The van der Waals surface area contributed by atoms with Crippen LogP contribution in [0.2, 0.25) is 0 Å². The van der Waals surface area contributed by atoms with Crippen molar-refractivity contribution in [3.8, 4) is 0 Å². The number of aliphatic hydroxyl groups excluding tert-OH is 1. The lowest BCUT2D eigenvalue weighted by atomic mass is 10.1. The van der Waals surface area contributed by atoms with Crippen LogP contribution in [0.5, 0.6) is 0 Å². The molecule has 0 spiro atoms. The van der Waals surface area contributed by atoms with E-state index in [0.29, 0.717) is 12.5 Å². The fraction of sp³-hybridized carbons (Fsp3) is 0.750. The summed E-state index contributed by atoms with van der Waals surface area (Å²) in [5, 5.41) is 8.80. The van der Waals surface area contributed by atoms with Crippen molar-refractivity contribution in [2.75, 3.05) is 6.61 Å². The lowest BCUT2D eigenvalue weighted by Gasteiger charge is -1.96. The van der Waals surface area contributed by atoms with E-state index in [-0.39, 0.29) is 0 Å². The first-order chi connectivity index (χ1) is 4.43. The molecule has 0 saturated heterocycles. The molecule has 0 aromatic carbocycles. The summed E-state index contributed by atoms with van der Waals surface area (Å²) in [6.45, 7) is 0.402. The lowest BCUT2D eigenvalue weighted by molar-refractivity contribution is 0.265. The van der Waals surface area contributed by atoms with E-state index in [9.17, 15) is 0 Å². The standard InChI is InChI=1S/C8H12O/c9-5-8-6-3-1-2-4-7(6)8/h1,3,6-9H,2,4-5H2. The number of fused-ring (bicyclic) bond motifs is 1. The molecular formula is C8H12O. The van der Waals surface area contributed by atoms with E-state index in [1.807, 2.05) is 0 Å². The zero-order chi connectivity index (χ0) is 6.27. The van der Waals surface area contributed by atoms with Gasteiger partial charge in [-0.05, 0) is 30.6 Å². The largest absolute Gasteiger partial charge is 0.396 e. The molecule has 0 radical (unpaired) electrons. The van der Waals surface area contributed by atoms with Gasteiger partial charge in [-0.15, -0.1) is 0 Å². The molecule has 0 bridgehead atoms. The Morgan fingerprint density at radius 3 is 3.00 bits per heavy atom. The molecule has 1 saturated carbocycles. The van der Waals surface area contributed by atoms with Crippen LogP contribution in [0.15, 0.2) is 12.2 Å². The minimum absolute atomic E-state index is 0.402. The Labute approximate surface area is 55.4 Å². The van der Waals surface area contributed by atoms with Crippen LogP contribution >= 0.6 is 0 Å². The van der Waals surface area contributed by atoms with Gasteiger partial charge >= 0.3 is 0 Å². The van der Waals surface area contributed by atoms with Crippen molar-refractivity contribution in [3.63, 3.8) is 0 Å². The molecule has 1 N–H and O–H groups in total. The fourth-order valence-corrected chi connectivity index (χ4v) is 1.97. The van der Waals surface area contributed by atoms with E-state index in [4.69, 9.17) is 5.11 Å². The first-order valence-corrected chi connectivity index (χ1v) is 3.71. The molecule has 0 amide bonds. The van der Waals surface area contributed by atoms with E-state index in [1.165, 1.54) is 12.8 Å². The summed E-state index contributed by atoms with van der Waals surface area (Å²) in [4.78, 5) is 0. The minimum atomic E-state index is 0.402. The summed E-state index contributed by atoms with van der Waals surface area (Å²) in [7, 11) is 0. The Bertz CT molecular complexity index is 136. The highest BCUT2D eigenvalue weighted by Crippen LogP contribution is 2.51. The first kappa shape index (κ1) is 5.48. The quantitative estimate of drug-likeness (QED) is 0.520. The molecule has 0 aromatic rings. The van der Waals surface area contributed by atoms with Crippen LogP contribution in [0.3, 0.4) is 0 Å². The second kappa shape index (κ2) is 1.84. The molecule has 2 aliphatic rings. The zero-order valence-corrected chi connectivity index (χ0v) is 5.46. The summed E-state index contributed by atoms with van der Waals surface area (Å²) in [5.41, 5.74) is 0. The van der Waals surface area contributed by atoms with Gasteiger partial charge in [-0.3, -0.25) is 0 Å². The van der Waals surface area contributed by atoms with E-state index in [2.05, 4.69) is 12.2 Å². The highest BCUT2D eigenvalue weighted by molar-refractivity contribution is 5.12. The Morgan fingerprint density at radius 1 is 1.56 bits per heavy atom. The molecule has 2 aliphatic carbocycles. The molecular weight excluding hydrogens is 112 g/mol. The average molecular weight is 124 g/mol. The van der Waals surface area contributed by atoms with Crippen LogP contribution in [0.4, 0.5) is 0 Å². The Balaban J connectivity index is 2.02. The number of aliphatic hydroxyl groups is 1. The SMILES string of the molecule is OCC1C2C=CCCC21. The number of hydrogen-bond donors (Lipinski definition) is 1. The van der Waals surface area contributed by atoms with Crippen molar-refractivity contribution >= 4 is 0 Å². The lowest BCUT2D eigenvalue weighted by Crippen LogP contribution is -1.87. The first-order valence-electron chi connectivity index (χ1n) is 3.71. The van der Waals surface area contributed by atoms with Gasteiger partial charge < -0.3 is 5.11 Å². The van der Waals surface area contributed by atoms with Crippen LogP contribution in [0, 0.1) is 17.8 Å². The molecule has 1 nitrogen and oxygen atoms in total. The Morgan fingerprint density at radius 2 is 2.44 bits per heavy atom. The predicted octanol–water partition coefficient (Wildman–Crippen LogP) is 1.19. The van der Waals surface area contributed by atoms with Crippen molar-refractivity contribution in [2.45, 2.75) is 12.8 Å². The van der Waals surface area contributed by atoms with Crippen molar-refractivity contribution in [1.29, 1.82) is 0 Å². The van der Waals surface area contributed by atoms with Gasteiger partial charge in [0.1, 0.15) is 0 Å². The average Bonchev–Trinajstić information content (AvgIpc) is 2.60. The number of allylic oxidation sites excluding steroid dienone is 2. The van der Waals surface area contributed by atoms with Crippen molar-refractivity contribution < 1.29 is 5.11 Å². The maximum Gasteiger partial charge on any atom is 0.0467 e. The second-order valence-corrected chi connectivity index (χ2v) is 3.09. The maximum atomic E-state index is 8.80. The monoisotopic (exact) mass is 124 g/mol. The third-order valence-corrected chi connectivity index (χ3v) is 2.63. The summed E-state index contributed by atoms with van der Waals surface area (Å²) in [6.07, 6.45) is 7.07. The molecule has 50 valence electrons. The van der Waals surface area contributed by atoms with E-state index >= 15 is 0 Å². The molecule has 1 heteroatoms. The van der Waals surface area contributed by atoms with E-state index in [0.717, 1.165) is 11.8 Å². The summed E-state index contributed by atoms with van der Waals surface area (Å²) in [6, 6.07) is 0. The highest BCUT2D eigenvalue weighted by Gasteiger charge is 2.47. The number of hydrogen-bond acceptors (Lipinski definition) is 1. The molecule has 0 aromatic heterocycles. The molecule has 3 atom stereocenters. The van der Waals surface area contributed by atoms with Crippen LogP contribution in [0.25, 0.3) is 0 Å². The van der Waals surface area contributed by atoms with Crippen molar-refractivity contribution in [3.05, 3.63) is 12.2 Å². The van der Waals surface area contributed by atoms with Gasteiger partial charge in [-0.25, -0.2) is 0 Å². The Kier molecular flexibility index (Phi) is 1.12. The van der Waals surface area contributed by atoms with E-state index in [1.54, 1.807) is 0 Å². The summed E-state index contributed by atoms with van der Waals surface area (Å²) < 4.78 is 0. The fourth-order valence-electron chi connectivity index (χ4n) is 1.97. The van der Waals surface area contributed by atoms with Crippen LogP contribution in [0.1, 0.15) is 12.8 Å². The topological polar surface area (TPSA) is 20.2 Å². The smallest absolute Gasteiger partial charge is 0.0467 e. The highest BCUT2D eigenvalue weighted by atomic mass is 16.3. The Hall–Kier alpha value is -0.300. The van der Waals surface area contributed by atoms with Gasteiger partial charge in [-0.1, -0.05) is 12.2 Å². The molecule has 9 heavy (non-hydrogen) atoms. The van der Waals surface area contributed by atoms with Gasteiger partial charge in [-0.2, -0.15) is 0 Å². The zero-order valence-electron chi connectivity index (χ0n) is 5.46.